The number of carbonyl (C=O) groups excluding carboxylic acids is 1. The summed E-state index contributed by atoms with van der Waals surface area (Å²) in [6.07, 6.45) is 0.382. The summed E-state index contributed by atoms with van der Waals surface area (Å²) in [5, 5.41) is 6.78. The Kier molecular flexibility index (Phi) is 5.65. The molecule has 0 atom stereocenters. The molecule has 21 heavy (non-hydrogen) atoms. The van der Waals surface area contributed by atoms with E-state index in [1.54, 1.807) is 0 Å². The highest BCUT2D eigenvalue weighted by Crippen LogP contribution is 2.22. The fourth-order valence-electron chi connectivity index (χ4n) is 1.87. The fourth-order valence-corrected chi connectivity index (χ4v) is 2.43. The Balaban J connectivity index is 1.85. The molecule has 5 heteroatoms. The van der Waals surface area contributed by atoms with Gasteiger partial charge in [0.2, 0.25) is 5.91 Å². The molecule has 0 heterocycles. The zero-order chi connectivity index (χ0) is 15.2. The number of anilines is 2. The average Bonchev–Trinajstić information content (AvgIpc) is 2.45. The van der Waals surface area contributed by atoms with E-state index in [0.717, 1.165) is 21.4 Å². The summed E-state index contributed by atoms with van der Waals surface area (Å²) in [5.41, 5.74) is 2.84. The van der Waals surface area contributed by atoms with E-state index in [2.05, 4.69) is 26.6 Å². The van der Waals surface area contributed by atoms with Crippen LogP contribution >= 0.6 is 27.5 Å². The number of halogens is 2. The van der Waals surface area contributed by atoms with Crippen LogP contribution in [0.5, 0.6) is 0 Å². The van der Waals surface area contributed by atoms with Crippen molar-refractivity contribution in [1.29, 1.82) is 0 Å². The van der Waals surface area contributed by atoms with Gasteiger partial charge in [-0.3, -0.25) is 4.79 Å². The molecule has 0 saturated carbocycles. The first-order valence-corrected chi connectivity index (χ1v) is 7.78. The third-order valence-electron chi connectivity index (χ3n) is 3.02. The lowest BCUT2D eigenvalue weighted by molar-refractivity contribution is -0.115. The van der Waals surface area contributed by atoms with Crippen LogP contribution in [0.3, 0.4) is 0 Å². The molecule has 3 nitrogen and oxygen atoms in total. The van der Waals surface area contributed by atoms with Crippen molar-refractivity contribution in [3.05, 3.63) is 57.5 Å². The molecule has 0 fully saturated rings. The summed E-state index contributed by atoms with van der Waals surface area (Å²) in [4.78, 5) is 11.9. The second-order valence-corrected chi connectivity index (χ2v) is 5.95. The number of aryl methyl sites for hydroxylation is 1. The van der Waals surface area contributed by atoms with E-state index >= 15 is 0 Å². The van der Waals surface area contributed by atoms with Crippen LogP contribution in [0.15, 0.2) is 46.9 Å². The number of para-hydroxylation sites is 1. The molecule has 110 valence electrons. The van der Waals surface area contributed by atoms with E-state index in [1.807, 2.05) is 49.4 Å². The minimum Gasteiger partial charge on any atom is -0.384 e. The highest BCUT2D eigenvalue weighted by atomic mass is 79.9. The SMILES string of the molecule is Cc1ccc(Cl)cc1NCCC(=O)Nc1ccccc1Br. The first kappa shape index (κ1) is 15.9. The van der Waals surface area contributed by atoms with E-state index in [9.17, 15) is 4.79 Å². The van der Waals surface area contributed by atoms with Crippen molar-refractivity contribution in [2.24, 2.45) is 0 Å². The van der Waals surface area contributed by atoms with Crippen LogP contribution in [0.25, 0.3) is 0 Å². The zero-order valence-corrected chi connectivity index (χ0v) is 14.0. The topological polar surface area (TPSA) is 41.1 Å². The van der Waals surface area contributed by atoms with Crippen molar-refractivity contribution in [2.75, 3.05) is 17.2 Å². The minimum atomic E-state index is -0.0333. The van der Waals surface area contributed by atoms with Gasteiger partial charge < -0.3 is 10.6 Å². The summed E-state index contributed by atoms with van der Waals surface area (Å²) in [7, 11) is 0. The monoisotopic (exact) mass is 366 g/mol. The van der Waals surface area contributed by atoms with Gasteiger partial charge in [-0.2, -0.15) is 0 Å². The van der Waals surface area contributed by atoms with E-state index < -0.39 is 0 Å². The van der Waals surface area contributed by atoms with Crippen LogP contribution in [0, 0.1) is 6.92 Å². The fraction of sp³-hybridized carbons (Fsp3) is 0.188. The number of rotatable bonds is 5. The van der Waals surface area contributed by atoms with Gasteiger partial charge in [-0.25, -0.2) is 0 Å². The third-order valence-corrected chi connectivity index (χ3v) is 3.94. The summed E-state index contributed by atoms with van der Waals surface area (Å²) in [6.45, 7) is 2.55. The lowest BCUT2D eigenvalue weighted by atomic mass is 10.2. The van der Waals surface area contributed by atoms with Gasteiger partial charge in [0.1, 0.15) is 0 Å². The smallest absolute Gasteiger partial charge is 0.226 e. The van der Waals surface area contributed by atoms with Crippen molar-refractivity contribution >= 4 is 44.8 Å². The molecular weight excluding hydrogens is 352 g/mol. The lowest BCUT2D eigenvalue weighted by Crippen LogP contribution is -2.16. The van der Waals surface area contributed by atoms with Gasteiger partial charge in [0.05, 0.1) is 5.69 Å². The largest absolute Gasteiger partial charge is 0.384 e. The lowest BCUT2D eigenvalue weighted by Gasteiger charge is -2.11. The van der Waals surface area contributed by atoms with E-state index in [1.165, 1.54) is 0 Å². The number of carbonyl (C=O) groups is 1. The van der Waals surface area contributed by atoms with Crippen molar-refractivity contribution in [3.8, 4) is 0 Å². The van der Waals surface area contributed by atoms with Gasteiger partial charge in [0.15, 0.2) is 0 Å². The minimum absolute atomic E-state index is 0.0333. The summed E-state index contributed by atoms with van der Waals surface area (Å²) >= 11 is 9.36. The predicted octanol–water partition coefficient (Wildman–Crippen LogP) is 4.85. The molecule has 0 saturated heterocycles. The number of hydrogen-bond acceptors (Lipinski definition) is 2. The second-order valence-electron chi connectivity index (χ2n) is 4.66. The van der Waals surface area contributed by atoms with E-state index in [4.69, 9.17) is 11.6 Å². The summed E-state index contributed by atoms with van der Waals surface area (Å²) in [6, 6.07) is 13.2. The molecule has 0 unspecified atom stereocenters. The molecule has 0 aliphatic carbocycles. The van der Waals surface area contributed by atoms with Gasteiger partial charge in [0, 0.05) is 28.1 Å². The Morgan fingerprint density at radius 1 is 1.19 bits per heavy atom. The van der Waals surface area contributed by atoms with Crippen molar-refractivity contribution in [3.63, 3.8) is 0 Å². The Morgan fingerprint density at radius 3 is 2.71 bits per heavy atom. The van der Waals surface area contributed by atoms with Crippen LogP contribution in [0.1, 0.15) is 12.0 Å². The maximum Gasteiger partial charge on any atom is 0.226 e. The quantitative estimate of drug-likeness (QED) is 0.793. The van der Waals surface area contributed by atoms with Crippen molar-refractivity contribution in [1.82, 2.24) is 0 Å². The summed E-state index contributed by atoms with van der Waals surface area (Å²) in [5.74, 6) is -0.0333. The van der Waals surface area contributed by atoms with Gasteiger partial charge in [-0.15, -0.1) is 0 Å². The second kappa shape index (κ2) is 7.48. The van der Waals surface area contributed by atoms with E-state index in [-0.39, 0.29) is 5.91 Å². The highest BCUT2D eigenvalue weighted by Gasteiger charge is 2.05. The van der Waals surface area contributed by atoms with Gasteiger partial charge in [0.25, 0.3) is 0 Å². The van der Waals surface area contributed by atoms with Crippen LogP contribution in [0.4, 0.5) is 11.4 Å². The Labute approximate surface area is 137 Å². The molecule has 0 bridgehead atoms. The molecule has 0 aromatic heterocycles. The van der Waals surface area contributed by atoms with Crippen LogP contribution in [-0.4, -0.2) is 12.5 Å². The van der Waals surface area contributed by atoms with Crippen molar-refractivity contribution in [2.45, 2.75) is 13.3 Å². The molecule has 0 aliphatic rings. The predicted molar refractivity (Wildman–Crippen MR) is 92.1 cm³/mol. The van der Waals surface area contributed by atoms with Crippen molar-refractivity contribution < 1.29 is 4.79 Å². The Morgan fingerprint density at radius 2 is 1.95 bits per heavy atom. The molecule has 2 N–H and O–H groups in total. The van der Waals surface area contributed by atoms with Gasteiger partial charge in [-0.05, 0) is 52.7 Å². The number of nitrogens with one attached hydrogen (secondary N) is 2. The first-order chi connectivity index (χ1) is 10.1. The third kappa shape index (κ3) is 4.76. The molecular formula is C16H16BrClN2O. The van der Waals surface area contributed by atoms with Crippen LogP contribution in [0.2, 0.25) is 5.02 Å². The van der Waals surface area contributed by atoms with Gasteiger partial charge in [-0.1, -0.05) is 29.8 Å². The molecule has 0 spiro atoms. The van der Waals surface area contributed by atoms with Crippen LogP contribution in [-0.2, 0) is 4.79 Å². The van der Waals surface area contributed by atoms with Gasteiger partial charge >= 0.3 is 0 Å². The molecule has 1 amide bonds. The summed E-state index contributed by atoms with van der Waals surface area (Å²) < 4.78 is 0.872. The highest BCUT2D eigenvalue weighted by molar-refractivity contribution is 9.10. The number of hydrogen-bond donors (Lipinski definition) is 2. The normalized spacial score (nSPS) is 10.2. The Bertz CT molecular complexity index is 646. The molecule has 2 aromatic rings. The maximum atomic E-state index is 11.9. The van der Waals surface area contributed by atoms with E-state index in [0.29, 0.717) is 18.0 Å². The number of amides is 1. The maximum absolute atomic E-state index is 11.9. The molecule has 2 aromatic carbocycles. The number of benzene rings is 2. The molecule has 0 aliphatic heterocycles. The standard InChI is InChI=1S/C16H16BrClN2O/c1-11-6-7-12(18)10-15(11)19-9-8-16(21)20-14-5-3-2-4-13(14)17/h2-7,10,19H,8-9H2,1H3,(H,20,21). The first-order valence-electron chi connectivity index (χ1n) is 6.60. The van der Waals surface area contributed by atoms with Crippen LogP contribution < -0.4 is 10.6 Å². The molecule has 0 radical (unpaired) electrons. The zero-order valence-electron chi connectivity index (χ0n) is 11.6. The average molecular weight is 368 g/mol. The molecule has 2 rings (SSSR count). The Hall–Kier alpha value is -1.52.